The number of rotatable bonds is 3. The second kappa shape index (κ2) is 6.27. The molecule has 0 saturated carbocycles. The number of likely N-dealkylation sites (tertiary alicyclic amines) is 1. The standard InChI is InChI=1S/C12H19N3O3S/c1-2-5-13-11(17)14-6-3-9(4-7-14)15-10(16)8-19-12(15)18/h9H,2-8H2,1H3,(H,13,17). The van der Waals surface area contributed by atoms with Gasteiger partial charge in [-0.3, -0.25) is 14.5 Å². The third-order valence-corrected chi connectivity index (χ3v) is 4.26. The van der Waals surface area contributed by atoms with Crippen molar-refractivity contribution in [1.29, 1.82) is 0 Å². The molecule has 0 aliphatic carbocycles. The first-order valence-corrected chi connectivity index (χ1v) is 7.63. The van der Waals surface area contributed by atoms with Gasteiger partial charge in [0.2, 0.25) is 5.91 Å². The van der Waals surface area contributed by atoms with Gasteiger partial charge in [0.1, 0.15) is 0 Å². The van der Waals surface area contributed by atoms with Crippen LogP contribution in [-0.2, 0) is 4.79 Å². The highest BCUT2D eigenvalue weighted by Gasteiger charge is 2.37. The number of thioether (sulfide) groups is 1. The summed E-state index contributed by atoms with van der Waals surface area (Å²) in [6.07, 6.45) is 2.27. The lowest BCUT2D eigenvalue weighted by Gasteiger charge is -2.35. The quantitative estimate of drug-likeness (QED) is 0.847. The van der Waals surface area contributed by atoms with Gasteiger partial charge in [-0.1, -0.05) is 18.7 Å². The van der Waals surface area contributed by atoms with Gasteiger partial charge in [-0.25, -0.2) is 4.79 Å². The van der Waals surface area contributed by atoms with E-state index in [1.165, 1.54) is 4.90 Å². The van der Waals surface area contributed by atoms with E-state index in [-0.39, 0.29) is 29.0 Å². The minimum atomic E-state index is -0.140. The number of nitrogens with zero attached hydrogens (tertiary/aromatic N) is 2. The Bertz CT molecular complexity index is 364. The molecule has 19 heavy (non-hydrogen) atoms. The van der Waals surface area contributed by atoms with Crippen molar-refractivity contribution in [2.45, 2.75) is 32.2 Å². The molecule has 0 aromatic heterocycles. The fourth-order valence-corrected chi connectivity index (χ4v) is 3.16. The van der Waals surface area contributed by atoms with E-state index in [9.17, 15) is 14.4 Å². The molecule has 2 aliphatic heterocycles. The van der Waals surface area contributed by atoms with Crippen LogP contribution >= 0.6 is 11.8 Å². The van der Waals surface area contributed by atoms with Crippen molar-refractivity contribution < 1.29 is 14.4 Å². The van der Waals surface area contributed by atoms with Crippen LogP contribution in [0.15, 0.2) is 0 Å². The minimum Gasteiger partial charge on any atom is -0.338 e. The van der Waals surface area contributed by atoms with Crippen LogP contribution in [-0.4, -0.2) is 58.4 Å². The Morgan fingerprint density at radius 1 is 1.37 bits per heavy atom. The van der Waals surface area contributed by atoms with E-state index in [0.717, 1.165) is 18.2 Å². The smallest absolute Gasteiger partial charge is 0.317 e. The fourth-order valence-electron chi connectivity index (χ4n) is 2.39. The Kier molecular flexibility index (Phi) is 4.68. The number of amides is 4. The number of piperidine rings is 1. The lowest BCUT2D eigenvalue weighted by Crippen LogP contribution is -2.50. The molecule has 0 spiro atoms. The normalized spacial score (nSPS) is 21.1. The van der Waals surface area contributed by atoms with Crippen molar-refractivity contribution >= 4 is 28.9 Å². The van der Waals surface area contributed by atoms with E-state index in [1.807, 2.05) is 6.92 Å². The molecule has 2 saturated heterocycles. The average molecular weight is 285 g/mol. The van der Waals surface area contributed by atoms with Crippen LogP contribution in [0, 0.1) is 0 Å². The number of nitrogens with one attached hydrogen (secondary N) is 1. The molecular weight excluding hydrogens is 266 g/mol. The number of imide groups is 1. The number of hydrogen-bond acceptors (Lipinski definition) is 4. The SMILES string of the molecule is CCCNC(=O)N1CCC(N2C(=O)CSC2=O)CC1. The molecule has 0 radical (unpaired) electrons. The minimum absolute atomic E-state index is 0.0368. The molecule has 7 heteroatoms. The molecule has 2 rings (SSSR count). The summed E-state index contributed by atoms with van der Waals surface area (Å²) in [5.74, 6) is 0.166. The summed E-state index contributed by atoms with van der Waals surface area (Å²) in [5.41, 5.74) is 0. The van der Waals surface area contributed by atoms with E-state index in [1.54, 1.807) is 4.90 Å². The molecule has 2 heterocycles. The predicted molar refractivity (Wildman–Crippen MR) is 73.0 cm³/mol. The van der Waals surface area contributed by atoms with Crippen molar-refractivity contribution in [3.8, 4) is 0 Å². The molecule has 0 atom stereocenters. The van der Waals surface area contributed by atoms with E-state index >= 15 is 0 Å². The van der Waals surface area contributed by atoms with E-state index in [2.05, 4.69) is 5.32 Å². The van der Waals surface area contributed by atoms with Gasteiger partial charge in [0, 0.05) is 25.7 Å². The van der Waals surface area contributed by atoms with E-state index in [0.29, 0.717) is 32.5 Å². The van der Waals surface area contributed by atoms with Crippen LogP contribution in [0.2, 0.25) is 0 Å². The highest BCUT2D eigenvalue weighted by molar-refractivity contribution is 8.14. The predicted octanol–water partition coefficient (Wildman–Crippen LogP) is 1.27. The summed E-state index contributed by atoms with van der Waals surface area (Å²) < 4.78 is 0. The Morgan fingerprint density at radius 3 is 2.58 bits per heavy atom. The van der Waals surface area contributed by atoms with Gasteiger partial charge in [-0.05, 0) is 19.3 Å². The Hall–Kier alpha value is -1.24. The first-order chi connectivity index (χ1) is 9.13. The summed E-state index contributed by atoms with van der Waals surface area (Å²) in [5, 5.41) is 2.70. The second-order valence-corrected chi connectivity index (χ2v) is 5.70. The van der Waals surface area contributed by atoms with Gasteiger partial charge < -0.3 is 10.2 Å². The molecule has 2 fully saturated rings. The van der Waals surface area contributed by atoms with Gasteiger partial charge in [-0.2, -0.15) is 0 Å². The molecule has 106 valence electrons. The lowest BCUT2D eigenvalue weighted by atomic mass is 10.0. The molecule has 2 aliphatic rings. The number of carbonyl (C=O) groups is 3. The van der Waals surface area contributed by atoms with Crippen LogP contribution in [0.4, 0.5) is 9.59 Å². The third-order valence-electron chi connectivity index (χ3n) is 3.43. The van der Waals surface area contributed by atoms with Crippen LogP contribution in [0.1, 0.15) is 26.2 Å². The maximum Gasteiger partial charge on any atom is 0.317 e. The lowest BCUT2D eigenvalue weighted by molar-refractivity contribution is -0.126. The van der Waals surface area contributed by atoms with E-state index < -0.39 is 0 Å². The summed E-state index contributed by atoms with van der Waals surface area (Å²) in [7, 11) is 0. The van der Waals surface area contributed by atoms with Crippen molar-refractivity contribution in [3.05, 3.63) is 0 Å². The molecule has 0 bridgehead atoms. The number of urea groups is 1. The Morgan fingerprint density at radius 2 is 2.05 bits per heavy atom. The highest BCUT2D eigenvalue weighted by atomic mass is 32.2. The maximum atomic E-state index is 11.8. The summed E-state index contributed by atoms with van der Waals surface area (Å²) in [6.45, 7) is 3.89. The maximum absolute atomic E-state index is 11.8. The first kappa shape index (κ1) is 14.2. The van der Waals surface area contributed by atoms with Gasteiger partial charge in [0.25, 0.3) is 5.24 Å². The molecular formula is C12H19N3O3S. The van der Waals surface area contributed by atoms with Crippen molar-refractivity contribution in [3.63, 3.8) is 0 Å². The number of hydrogen-bond donors (Lipinski definition) is 1. The van der Waals surface area contributed by atoms with Gasteiger partial charge in [0.05, 0.1) is 5.75 Å². The average Bonchev–Trinajstić information content (AvgIpc) is 2.76. The zero-order chi connectivity index (χ0) is 13.8. The third kappa shape index (κ3) is 3.20. The topological polar surface area (TPSA) is 69.7 Å². The Balaban J connectivity index is 1.84. The molecule has 1 N–H and O–H groups in total. The van der Waals surface area contributed by atoms with Crippen LogP contribution < -0.4 is 5.32 Å². The molecule has 6 nitrogen and oxygen atoms in total. The van der Waals surface area contributed by atoms with Gasteiger partial charge in [0.15, 0.2) is 0 Å². The molecule has 0 aromatic rings. The zero-order valence-electron chi connectivity index (χ0n) is 11.1. The summed E-state index contributed by atoms with van der Waals surface area (Å²) in [6, 6.07) is -0.0843. The number of carbonyl (C=O) groups excluding carboxylic acids is 3. The molecule has 4 amide bonds. The monoisotopic (exact) mass is 285 g/mol. The van der Waals surface area contributed by atoms with Crippen molar-refractivity contribution in [2.24, 2.45) is 0 Å². The van der Waals surface area contributed by atoms with Crippen LogP contribution in [0.25, 0.3) is 0 Å². The van der Waals surface area contributed by atoms with Crippen molar-refractivity contribution in [1.82, 2.24) is 15.1 Å². The molecule has 0 aromatic carbocycles. The largest absolute Gasteiger partial charge is 0.338 e. The fraction of sp³-hybridized carbons (Fsp3) is 0.750. The highest BCUT2D eigenvalue weighted by Crippen LogP contribution is 2.26. The van der Waals surface area contributed by atoms with Crippen LogP contribution in [0.5, 0.6) is 0 Å². The van der Waals surface area contributed by atoms with Gasteiger partial charge in [-0.15, -0.1) is 0 Å². The summed E-state index contributed by atoms with van der Waals surface area (Å²) in [4.78, 5) is 38.2. The second-order valence-electron chi connectivity index (χ2n) is 4.77. The Labute approximate surface area is 116 Å². The van der Waals surface area contributed by atoms with Gasteiger partial charge >= 0.3 is 6.03 Å². The zero-order valence-corrected chi connectivity index (χ0v) is 11.9. The van der Waals surface area contributed by atoms with Crippen LogP contribution in [0.3, 0.4) is 0 Å². The van der Waals surface area contributed by atoms with E-state index in [4.69, 9.17) is 0 Å². The first-order valence-electron chi connectivity index (χ1n) is 6.65. The summed E-state index contributed by atoms with van der Waals surface area (Å²) >= 11 is 1.07. The molecule has 0 unspecified atom stereocenters. The van der Waals surface area contributed by atoms with Crippen molar-refractivity contribution in [2.75, 3.05) is 25.4 Å².